The lowest BCUT2D eigenvalue weighted by atomic mass is 9.94. The highest BCUT2D eigenvalue weighted by atomic mass is 32.2. The van der Waals surface area contributed by atoms with E-state index < -0.39 is 6.04 Å². The van der Waals surface area contributed by atoms with E-state index in [1.807, 2.05) is 42.5 Å². The summed E-state index contributed by atoms with van der Waals surface area (Å²) in [5, 5.41) is 0.790. The molecule has 1 aliphatic heterocycles. The highest BCUT2D eigenvalue weighted by Gasteiger charge is 2.35. The van der Waals surface area contributed by atoms with Crippen molar-refractivity contribution in [3.05, 3.63) is 59.8 Å². The van der Waals surface area contributed by atoms with Crippen LogP contribution in [0.4, 0.5) is 0 Å². The quantitative estimate of drug-likeness (QED) is 0.630. The second-order valence-corrected chi connectivity index (χ2v) is 6.49. The van der Waals surface area contributed by atoms with Gasteiger partial charge in [-0.25, -0.2) is 9.78 Å². The molecule has 24 heavy (non-hydrogen) atoms. The third kappa shape index (κ3) is 3.59. The van der Waals surface area contributed by atoms with E-state index in [2.05, 4.69) is 4.98 Å². The first kappa shape index (κ1) is 16.5. The van der Waals surface area contributed by atoms with E-state index in [1.54, 1.807) is 11.1 Å². The summed E-state index contributed by atoms with van der Waals surface area (Å²) < 4.78 is 4.90. The highest BCUT2D eigenvalue weighted by molar-refractivity contribution is 7.99. The molecule has 2 aromatic rings. The first-order valence-electron chi connectivity index (χ1n) is 7.67. The van der Waals surface area contributed by atoms with Crippen molar-refractivity contribution >= 4 is 23.6 Å². The standard InChI is InChI=1S/C18H18N2O3S/c1-23-18(22)15-10-13-6-2-3-7-14(13)11-20(15)17(21)12-24-16-8-4-5-9-19-16/h2-9,15H,10-12H2,1H3/t15-/m0/s1. The smallest absolute Gasteiger partial charge is 0.328 e. The lowest BCUT2D eigenvalue weighted by molar-refractivity contribution is -0.153. The van der Waals surface area contributed by atoms with Gasteiger partial charge in [-0.15, -0.1) is 0 Å². The number of methoxy groups -OCH3 is 1. The average molecular weight is 342 g/mol. The van der Waals surface area contributed by atoms with Crippen molar-refractivity contribution in [3.8, 4) is 0 Å². The number of benzene rings is 1. The molecule has 0 N–H and O–H groups in total. The molecule has 1 atom stereocenters. The van der Waals surface area contributed by atoms with Gasteiger partial charge >= 0.3 is 5.97 Å². The van der Waals surface area contributed by atoms with E-state index >= 15 is 0 Å². The summed E-state index contributed by atoms with van der Waals surface area (Å²) in [4.78, 5) is 30.6. The molecule has 0 spiro atoms. The second kappa shape index (κ2) is 7.49. The predicted octanol–water partition coefficient (Wildman–Crippen LogP) is 2.30. The third-order valence-corrected chi connectivity index (χ3v) is 4.95. The van der Waals surface area contributed by atoms with Gasteiger partial charge in [0.25, 0.3) is 0 Å². The number of hydrogen-bond acceptors (Lipinski definition) is 5. The summed E-state index contributed by atoms with van der Waals surface area (Å²) in [6, 6.07) is 12.9. The zero-order valence-electron chi connectivity index (χ0n) is 13.3. The van der Waals surface area contributed by atoms with E-state index in [9.17, 15) is 9.59 Å². The number of aromatic nitrogens is 1. The molecule has 6 heteroatoms. The van der Waals surface area contributed by atoms with Gasteiger partial charge in [-0.05, 0) is 23.3 Å². The number of hydrogen-bond donors (Lipinski definition) is 0. The van der Waals surface area contributed by atoms with E-state index in [-0.39, 0.29) is 17.6 Å². The van der Waals surface area contributed by atoms with Crippen molar-refractivity contribution < 1.29 is 14.3 Å². The van der Waals surface area contributed by atoms with E-state index in [0.29, 0.717) is 13.0 Å². The average Bonchev–Trinajstić information content (AvgIpc) is 2.65. The van der Waals surface area contributed by atoms with Crippen molar-refractivity contribution in [1.82, 2.24) is 9.88 Å². The number of nitrogens with zero attached hydrogens (tertiary/aromatic N) is 2. The zero-order chi connectivity index (χ0) is 16.9. The van der Waals surface area contributed by atoms with Gasteiger partial charge in [0.2, 0.25) is 5.91 Å². The van der Waals surface area contributed by atoms with Crippen LogP contribution in [0.3, 0.4) is 0 Å². The largest absolute Gasteiger partial charge is 0.467 e. The van der Waals surface area contributed by atoms with Crippen LogP contribution in [0.1, 0.15) is 11.1 Å². The Morgan fingerprint density at radius 3 is 2.67 bits per heavy atom. The normalized spacial score (nSPS) is 16.4. The Morgan fingerprint density at radius 2 is 1.96 bits per heavy atom. The molecule has 3 rings (SSSR count). The summed E-state index contributed by atoms with van der Waals surface area (Å²) in [6.45, 7) is 0.428. The van der Waals surface area contributed by atoms with Crippen molar-refractivity contribution in [3.63, 3.8) is 0 Å². The number of fused-ring (bicyclic) bond motifs is 1. The fourth-order valence-electron chi connectivity index (χ4n) is 2.78. The molecule has 0 bridgehead atoms. The molecule has 0 saturated carbocycles. The molecule has 0 saturated heterocycles. The zero-order valence-corrected chi connectivity index (χ0v) is 14.2. The molecule has 124 valence electrons. The van der Waals surface area contributed by atoms with E-state index in [4.69, 9.17) is 4.74 Å². The van der Waals surface area contributed by atoms with Gasteiger partial charge in [0, 0.05) is 19.2 Å². The molecule has 2 heterocycles. The van der Waals surface area contributed by atoms with E-state index in [0.717, 1.165) is 16.2 Å². The molecular formula is C18H18N2O3S. The molecule has 1 aromatic heterocycles. The Labute approximate surface area is 145 Å². The molecule has 1 aliphatic rings. The predicted molar refractivity (Wildman–Crippen MR) is 91.5 cm³/mol. The van der Waals surface area contributed by atoms with Gasteiger partial charge in [-0.2, -0.15) is 0 Å². The molecule has 1 amide bonds. The summed E-state index contributed by atoms with van der Waals surface area (Å²) in [6.07, 6.45) is 2.18. The Hall–Kier alpha value is -2.34. The first-order valence-corrected chi connectivity index (χ1v) is 8.65. The number of carbonyl (C=O) groups is 2. The molecule has 0 fully saturated rings. The number of thioether (sulfide) groups is 1. The van der Waals surface area contributed by atoms with Crippen LogP contribution in [0, 0.1) is 0 Å². The van der Waals surface area contributed by atoms with Crippen molar-refractivity contribution in [2.75, 3.05) is 12.9 Å². The van der Waals surface area contributed by atoms with Crippen LogP contribution in [0.25, 0.3) is 0 Å². The van der Waals surface area contributed by atoms with Gasteiger partial charge in [-0.1, -0.05) is 42.1 Å². The van der Waals surface area contributed by atoms with Crippen LogP contribution >= 0.6 is 11.8 Å². The minimum absolute atomic E-state index is 0.0874. The third-order valence-electron chi connectivity index (χ3n) is 4.02. The summed E-state index contributed by atoms with van der Waals surface area (Å²) in [5.41, 5.74) is 2.17. The maximum absolute atomic E-state index is 12.7. The molecule has 1 aromatic carbocycles. The van der Waals surface area contributed by atoms with Crippen molar-refractivity contribution in [2.45, 2.75) is 24.0 Å². The Bertz CT molecular complexity index is 736. The lowest BCUT2D eigenvalue weighted by Crippen LogP contribution is -2.49. The Morgan fingerprint density at radius 1 is 1.21 bits per heavy atom. The SMILES string of the molecule is COC(=O)[C@@H]1Cc2ccccc2CN1C(=O)CSc1ccccn1. The van der Waals surface area contributed by atoms with E-state index in [1.165, 1.54) is 18.9 Å². The van der Waals surface area contributed by atoms with Crippen molar-refractivity contribution in [1.29, 1.82) is 0 Å². The van der Waals surface area contributed by atoms with Crippen molar-refractivity contribution in [2.24, 2.45) is 0 Å². The summed E-state index contributed by atoms with van der Waals surface area (Å²) >= 11 is 1.37. The minimum atomic E-state index is -0.568. The van der Waals surface area contributed by atoms with Gasteiger partial charge < -0.3 is 9.64 Å². The molecule has 0 aliphatic carbocycles. The fraction of sp³-hybridized carbons (Fsp3) is 0.278. The molecule has 0 unspecified atom stereocenters. The van der Waals surface area contributed by atoms with Crippen LogP contribution in [0.2, 0.25) is 0 Å². The van der Waals surface area contributed by atoms with Crippen LogP contribution in [-0.2, 0) is 27.3 Å². The van der Waals surface area contributed by atoms with Gasteiger partial charge in [0.15, 0.2) is 0 Å². The van der Waals surface area contributed by atoms with Crippen LogP contribution in [-0.4, -0.2) is 40.7 Å². The van der Waals surface area contributed by atoms with Gasteiger partial charge in [0.05, 0.1) is 17.9 Å². The topological polar surface area (TPSA) is 59.5 Å². The van der Waals surface area contributed by atoms with Crippen LogP contribution < -0.4 is 0 Å². The summed E-state index contributed by atoms with van der Waals surface area (Å²) in [7, 11) is 1.36. The first-order chi connectivity index (χ1) is 11.7. The van der Waals surface area contributed by atoms with Crippen LogP contribution in [0.5, 0.6) is 0 Å². The maximum Gasteiger partial charge on any atom is 0.328 e. The van der Waals surface area contributed by atoms with Crippen LogP contribution in [0.15, 0.2) is 53.7 Å². The second-order valence-electron chi connectivity index (χ2n) is 5.49. The van der Waals surface area contributed by atoms with Gasteiger partial charge in [-0.3, -0.25) is 4.79 Å². The summed E-state index contributed by atoms with van der Waals surface area (Å²) in [5.74, 6) is -0.219. The molecular weight excluding hydrogens is 324 g/mol. The highest BCUT2D eigenvalue weighted by Crippen LogP contribution is 2.25. The van der Waals surface area contributed by atoms with Gasteiger partial charge in [0.1, 0.15) is 6.04 Å². The Kier molecular flexibility index (Phi) is 5.15. The number of carbonyl (C=O) groups excluding carboxylic acids is 2. The lowest BCUT2D eigenvalue weighted by Gasteiger charge is -2.35. The number of esters is 1. The number of pyridine rings is 1. The molecule has 5 nitrogen and oxygen atoms in total. The maximum atomic E-state index is 12.7. The Balaban J connectivity index is 1.75. The number of ether oxygens (including phenoxy) is 1. The number of rotatable bonds is 4. The fourth-order valence-corrected chi connectivity index (χ4v) is 3.53. The minimum Gasteiger partial charge on any atom is -0.467 e. The number of amides is 1. The monoisotopic (exact) mass is 342 g/mol. The molecule has 0 radical (unpaired) electrons.